The lowest BCUT2D eigenvalue weighted by atomic mass is 10.1. The molecule has 0 saturated carbocycles. The first-order valence-corrected chi connectivity index (χ1v) is 6.49. The standard InChI is InChI=1S/C14H14Cl2O3/c1-9(2)19-13(18)7-11(8-17)14(16)10-3-5-12(15)6-4-10/h3-6,8-9H,7H2,1-2H3/b14-11+. The van der Waals surface area contributed by atoms with Gasteiger partial charge in [0.1, 0.15) is 6.29 Å². The van der Waals surface area contributed by atoms with Gasteiger partial charge in [-0.1, -0.05) is 35.3 Å². The molecule has 0 bridgehead atoms. The Morgan fingerprint density at radius 3 is 2.37 bits per heavy atom. The maximum Gasteiger partial charge on any atom is 0.310 e. The molecule has 0 unspecified atom stereocenters. The van der Waals surface area contributed by atoms with Gasteiger partial charge in [0.2, 0.25) is 0 Å². The minimum absolute atomic E-state index is 0.150. The lowest BCUT2D eigenvalue weighted by molar-refractivity contribution is -0.146. The molecule has 1 rings (SSSR count). The van der Waals surface area contributed by atoms with Crippen molar-refractivity contribution >= 4 is 40.5 Å². The monoisotopic (exact) mass is 300 g/mol. The predicted molar refractivity (Wildman–Crippen MR) is 76.1 cm³/mol. The summed E-state index contributed by atoms with van der Waals surface area (Å²) in [5, 5.41) is 0.799. The van der Waals surface area contributed by atoms with Gasteiger partial charge in [-0.2, -0.15) is 0 Å². The average Bonchev–Trinajstić information content (AvgIpc) is 2.35. The van der Waals surface area contributed by atoms with Gasteiger partial charge in [-0.3, -0.25) is 9.59 Å². The van der Waals surface area contributed by atoms with E-state index in [1.165, 1.54) is 0 Å². The van der Waals surface area contributed by atoms with E-state index >= 15 is 0 Å². The molecule has 0 aliphatic heterocycles. The van der Waals surface area contributed by atoms with Crippen LogP contribution in [0.2, 0.25) is 5.02 Å². The summed E-state index contributed by atoms with van der Waals surface area (Å²) in [6.07, 6.45) is 0.191. The first-order chi connectivity index (χ1) is 8.93. The van der Waals surface area contributed by atoms with Crippen molar-refractivity contribution in [3.63, 3.8) is 0 Å². The Balaban J connectivity index is 2.92. The van der Waals surface area contributed by atoms with Gasteiger partial charge in [0.25, 0.3) is 0 Å². The van der Waals surface area contributed by atoms with Crippen LogP contribution in [0.3, 0.4) is 0 Å². The van der Waals surface area contributed by atoms with E-state index in [1.807, 2.05) is 0 Å². The van der Waals surface area contributed by atoms with E-state index in [-0.39, 0.29) is 23.1 Å². The summed E-state index contributed by atoms with van der Waals surface area (Å²) in [6, 6.07) is 6.69. The molecule has 0 amide bonds. The molecule has 0 aliphatic rings. The number of halogens is 2. The largest absolute Gasteiger partial charge is 0.463 e. The van der Waals surface area contributed by atoms with Crippen molar-refractivity contribution in [3.05, 3.63) is 40.4 Å². The number of ether oxygens (including phenoxy) is 1. The summed E-state index contributed by atoms with van der Waals surface area (Å²) >= 11 is 11.9. The quantitative estimate of drug-likeness (QED) is 0.471. The molecule has 0 N–H and O–H groups in total. The van der Waals surface area contributed by atoms with Crippen LogP contribution in [0.15, 0.2) is 29.8 Å². The van der Waals surface area contributed by atoms with Crippen LogP contribution in [0.5, 0.6) is 0 Å². The minimum atomic E-state index is -0.482. The number of esters is 1. The van der Waals surface area contributed by atoms with E-state index in [9.17, 15) is 9.59 Å². The lowest BCUT2D eigenvalue weighted by Gasteiger charge is -2.09. The van der Waals surface area contributed by atoms with Gasteiger partial charge in [0.15, 0.2) is 0 Å². The highest BCUT2D eigenvalue weighted by atomic mass is 35.5. The molecule has 1 aromatic rings. The van der Waals surface area contributed by atoms with Crippen molar-refractivity contribution in [3.8, 4) is 0 Å². The molecule has 102 valence electrons. The number of carbonyl (C=O) groups excluding carboxylic acids is 2. The zero-order valence-corrected chi connectivity index (χ0v) is 12.2. The highest BCUT2D eigenvalue weighted by Gasteiger charge is 2.13. The van der Waals surface area contributed by atoms with Gasteiger partial charge in [-0.25, -0.2) is 0 Å². The fraction of sp³-hybridized carbons (Fsp3) is 0.286. The molecule has 3 nitrogen and oxygen atoms in total. The molecule has 5 heteroatoms. The van der Waals surface area contributed by atoms with Gasteiger partial charge in [-0.15, -0.1) is 0 Å². The Hall–Kier alpha value is -1.32. The molecular weight excluding hydrogens is 287 g/mol. The van der Waals surface area contributed by atoms with Crippen molar-refractivity contribution in [1.29, 1.82) is 0 Å². The summed E-state index contributed by atoms with van der Waals surface area (Å²) in [4.78, 5) is 22.5. The Labute approximate surface area is 122 Å². The summed E-state index contributed by atoms with van der Waals surface area (Å²) < 4.78 is 4.98. The van der Waals surface area contributed by atoms with Crippen molar-refractivity contribution < 1.29 is 14.3 Å². The normalized spacial score (nSPS) is 12.1. The van der Waals surface area contributed by atoms with Crippen LogP contribution < -0.4 is 0 Å². The maximum absolute atomic E-state index is 11.5. The van der Waals surface area contributed by atoms with Crippen LogP contribution in [0.1, 0.15) is 25.8 Å². The topological polar surface area (TPSA) is 43.4 Å². The highest BCUT2D eigenvalue weighted by molar-refractivity contribution is 6.50. The van der Waals surface area contributed by atoms with Crippen molar-refractivity contribution in [2.24, 2.45) is 0 Å². The van der Waals surface area contributed by atoms with E-state index in [0.29, 0.717) is 16.9 Å². The summed E-state index contributed by atoms with van der Waals surface area (Å²) in [6.45, 7) is 3.48. The van der Waals surface area contributed by atoms with Gasteiger partial charge in [-0.05, 0) is 31.5 Å². The third kappa shape index (κ3) is 5.05. The molecule has 0 fully saturated rings. The van der Waals surface area contributed by atoms with E-state index in [4.69, 9.17) is 27.9 Å². The van der Waals surface area contributed by atoms with Crippen molar-refractivity contribution in [2.75, 3.05) is 0 Å². The van der Waals surface area contributed by atoms with Gasteiger partial charge in [0, 0.05) is 10.6 Å². The fourth-order valence-electron chi connectivity index (χ4n) is 1.41. The third-order valence-electron chi connectivity index (χ3n) is 2.22. The highest BCUT2D eigenvalue weighted by Crippen LogP contribution is 2.25. The zero-order valence-electron chi connectivity index (χ0n) is 10.7. The van der Waals surface area contributed by atoms with Crippen LogP contribution in [0, 0.1) is 0 Å². The molecule has 0 heterocycles. The average molecular weight is 301 g/mol. The third-order valence-corrected chi connectivity index (χ3v) is 2.94. The number of carbonyl (C=O) groups is 2. The van der Waals surface area contributed by atoms with Crippen LogP contribution in [0.4, 0.5) is 0 Å². The minimum Gasteiger partial charge on any atom is -0.463 e. The van der Waals surface area contributed by atoms with Crippen LogP contribution >= 0.6 is 23.2 Å². The maximum atomic E-state index is 11.5. The first-order valence-electron chi connectivity index (χ1n) is 5.73. The second-order valence-electron chi connectivity index (χ2n) is 4.18. The van der Waals surface area contributed by atoms with E-state index in [2.05, 4.69) is 0 Å². The summed E-state index contributed by atoms with van der Waals surface area (Å²) in [5.41, 5.74) is 0.820. The number of hydrogen-bond acceptors (Lipinski definition) is 3. The lowest BCUT2D eigenvalue weighted by Crippen LogP contribution is -2.12. The molecule has 0 radical (unpaired) electrons. The van der Waals surface area contributed by atoms with Crippen LogP contribution in [-0.2, 0) is 14.3 Å². The molecule has 0 spiro atoms. The van der Waals surface area contributed by atoms with E-state index < -0.39 is 5.97 Å². The molecular formula is C14H14Cl2O3. The summed E-state index contributed by atoms with van der Waals surface area (Å²) in [5.74, 6) is -0.482. The Kier molecular flexibility index (Phi) is 6.06. The number of hydrogen-bond donors (Lipinski definition) is 0. The van der Waals surface area contributed by atoms with Gasteiger partial charge >= 0.3 is 5.97 Å². The molecule has 1 aromatic carbocycles. The predicted octanol–water partition coefficient (Wildman–Crippen LogP) is 3.83. The van der Waals surface area contributed by atoms with Crippen LogP contribution in [0.25, 0.3) is 5.03 Å². The number of rotatable bonds is 5. The molecule has 19 heavy (non-hydrogen) atoms. The van der Waals surface area contributed by atoms with E-state index in [1.54, 1.807) is 38.1 Å². The molecule has 0 aliphatic carbocycles. The van der Waals surface area contributed by atoms with E-state index in [0.717, 1.165) is 0 Å². The second-order valence-corrected chi connectivity index (χ2v) is 4.99. The Morgan fingerprint density at radius 1 is 1.32 bits per heavy atom. The molecule has 0 atom stereocenters. The SMILES string of the molecule is CC(C)OC(=O)C/C(C=O)=C(\Cl)c1ccc(Cl)cc1. The van der Waals surface area contributed by atoms with Gasteiger partial charge in [0.05, 0.1) is 17.6 Å². The summed E-state index contributed by atoms with van der Waals surface area (Å²) in [7, 11) is 0. The second kappa shape index (κ2) is 7.31. The first kappa shape index (κ1) is 15.7. The smallest absolute Gasteiger partial charge is 0.310 e. The fourth-order valence-corrected chi connectivity index (χ4v) is 1.78. The zero-order chi connectivity index (χ0) is 14.4. The van der Waals surface area contributed by atoms with Crippen LogP contribution in [-0.4, -0.2) is 18.4 Å². The van der Waals surface area contributed by atoms with Gasteiger partial charge < -0.3 is 4.74 Å². The molecule has 0 aromatic heterocycles. The van der Waals surface area contributed by atoms with Crippen molar-refractivity contribution in [1.82, 2.24) is 0 Å². The van der Waals surface area contributed by atoms with Crippen molar-refractivity contribution in [2.45, 2.75) is 26.4 Å². The number of benzene rings is 1. The molecule has 0 saturated heterocycles. The number of aldehydes is 1. The Morgan fingerprint density at radius 2 is 1.89 bits per heavy atom. The Bertz CT molecular complexity index is 490.